The molecule has 35 heavy (non-hydrogen) atoms. The normalized spacial score (nSPS) is 10.7. The lowest BCUT2D eigenvalue weighted by molar-refractivity contribution is -0.140. The second kappa shape index (κ2) is 11.4. The molecule has 3 aromatic rings. The standard InChI is InChI=1S/C26H22N2O7/c1-16(2)25(32)34-11-12-35-26(33)18-9-6-10-19(13-18)27-28-21-14-20(22(29)15-23(21)30)24(31)17-7-4-3-5-8-17/h3-10,13-15,29-30H,1,11-12H2,2H3. The molecule has 0 atom stereocenters. The molecule has 0 radical (unpaired) electrons. The predicted octanol–water partition coefficient (Wildman–Crippen LogP) is 5.02. The minimum atomic E-state index is -0.656. The fourth-order valence-electron chi connectivity index (χ4n) is 2.85. The molecule has 0 saturated heterocycles. The van der Waals surface area contributed by atoms with Crippen LogP contribution >= 0.6 is 0 Å². The van der Waals surface area contributed by atoms with Crippen LogP contribution in [0.25, 0.3) is 0 Å². The number of ketones is 1. The van der Waals surface area contributed by atoms with Gasteiger partial charge < -0.3 is 19.7 Å². The molecule has 0 aromatic heterocycles. The highest BCUT2D eigenvalue weighted by Crippen LogP contribution is 2.35. The van der Waals surface area contributed by atoms with Gasteiger partial charge in [0.15, 0.2) is 5.78 Å². The molecule has 0 amide bonds. The highest BCUT2D eigenvalue weighted by molar-refractivity contribution is 6.11. The van der Waals surface area contributed by atoms with E-state index in [1.54, 1.807) is 42.5 Å². The minimum absolute atomic E-state index is 0.0469. The molecule has 0 heterocycles. The molecule has 3 aromatic carbocycles. The number of esters is 2. The Balaban J connectivity index is 1.72. The molecule has 0 bridgehead atoms. The highest BCUT2D eigenvalue weighted by atomic mass is 16.6. The van der Waals surface area contributed by atoms with Gasteiger partial charge in [0.1, 0.15) is 30.4 Å². The zero-order valence-electron chi connectivity index (χ0n) is 18.8. The van der Waals surface area contributed by atoms with Gasteiger partial charge in [0.25, 0.3) is 0 Å². The maximum Gasteiger partial charge on any atom is 0.338 e. The molecule has 0 aliphatic carbocycles. The van der Waals surface area contributed by atoms with Crippen LogP contribution < -0.4 is 0 Å². The number of phenolic OH excluding ortho intramolecular Hbond substituents is 2. The fraction of sp³-hybridized carbons (Fsp3) is 0.115. The summed E-state index contributed by atoms with van der Waals surface area (Å²) in [6, 6.07) is 16.7. The van der Waals surface area contributed by atoms with Crippen molar-refractivity contribution >= 4 is 29.1 Å². The van der Waals surface area contributed by atoms with Crippen molar-refractivity contribution < 1.29 is 34.1 Å². The number of ether oxygens (including phenoxy) is 2. The lowest BCUT2D eigenvalue weighted by Crippen LogP contribution is -2.14. The summed E-state index contributed by atoms with van der Waals surface area (Å²) in [6.07, 6.45) is 0. The average molecular weight is 474 g/mol. The van der Waals surface area contributed by atoms with E-state index < -0.39 is 23.5 Å². The first-order valence-electron chi connectivity index (χ1n) is 10.4. The molecule has 9 heteroatoms. The molecule has 0 saturated carbocycles. The lowest BCUT2D eigenvalue weighted by Gasteiger charge is -2.07. The van der Waals surface area contributed by atoms with Crippen molar-refractivity contribution in [3.8, 4) is 11.5 Å². The van der Waals surface area contributed by atoms with Crippen molar-refractivity contribution in [1.29, 1.82) is 0 Å². The number of hydrogen-bond donors (Lipinski definition) is 2. The number of azo groups is 1. The molecule has 0 aliphatic rings. The van der Waals surface area contributed by atoms with E-state index in [2.05, 4.69) is 16.8 Å². The van der Waals surface area contributed by atoms with E-state index in [4.69, 9.17) is 9.47 Å². The van der Waals surface area contributed by atoms with Crippen LogP contribution in [0, 0.1) is 0 Å². The van der Waals surface area contributed by atoms with Gasteiger partial charge >= 0.3 is 11.9 Å². The molecule has 2 N–H and O–H groups in total. The van der Waals surface area contributed by atoms with Crippen molar-refractivity contribution in [2.24, 2.45) is 10.2 Å². The Morgan fingerprint density at radius 2 is 1.51 bits per heavy atom. The van der Waals surface area contributed by atoms with Crippen molar-refractivity contribution in [3.05, 3.63) is 95.6 Å². The monoisotopic (exact) mass is 474 g/mol. The van der Waals surface area contributed by atoms with E-state index in [0.29, 0.717) is 5.56 Å². The SMILES string of the molecule is C=C(C)C(=O)OCCOC(=O)c1cccc(N=Nc2cc(C(=O)c3ccccc3)c(O)cc2O)c1. The zero-order valence-corrected chi connectivity index (χ0v) is 18.8. The summed E-state index contributed by atoms with van der Waals surface area (Å²) < 4.78 is 9.93. The van der Waals surface area contributed by atoms with Crippen molar-refractivity contribution in [1.82, 2.24) is 0 Å². The van der Waals surface area contributed by atoms with E-state index >= 15 is 0 Å². The number of phenols is 2. The number of carbonyl (C=O) groups excluding carboxylic acids is 3. The first-order chi connectivity index (χ1) is 16.8. The smallest absolute Gasteiger partial charge is 0.338 e. The second-order valence-corrected chi connectivity index (χ2v) is 7.36. The largest absolute Gasteiger partial charge is 0.507 e. The Morgan fingerprint density at radius 1 is 0.829 bits per heavy atom. The van der Waals surface area contributed by atoms with Gasteiger partial charge in [-0.05, 0) is 31.2 Å². The molecule has 0 spiro atoms. The molecule has 178 valence electrons. The first kappa shape index (κ1) is 24.8. The Bertz CT molecular complexity index is 1300. The Hall–Kier alpha value is -4.79. The molecule has 0 unspecified atom stereocenters. The third kappa shape index (κ3) is 6.61. The fourth-order valence-corrected chi connectivity index (χ4v) is 2.85. The number of nitrogens with zero attached hydrogens (tertiary/aromatic N) is 2. The van der Waals surface area contributed by atoms with Gasteiger partial charge in [0.2, 0.25) is 0 Å². The van der Waals surface area contributed by atoms with Crippen molar-refractivity contribution in [2.45, 2.75) is 6.92 Å². The molecule has 0 aliphatic heterocycles. The zero-order chi connectivity index (χ0) is 25.4. The van der Waals surface area contributed by atoms with E-state index in [-0.39, 0.29) is 47.0 Å². The van der Waals surface area contributed by atoms with Crippen LogP contribution in [0.3, 0.4) is 0 Å². The van der Waals surface area contributed by atoms with Crippen LogP contribution in [0.5, 0.6) is 11.5 Å². The predicted molar refractivity (Wildman–Crippen MR) is 126 cm³/mol. The maximum absolute atomic E-state index is 12.7. The second-order valence-electron chi connectivity index (χ2n) is 7.36. The number of aromatic hydroxyl groups is 2. The summed E-state index contributed by atoms with van der Waals surface area (Å²) >= 11 is 0. The van der Waals surface area contributed by atoms with E-state index in [9.17, 15) is 24.6 Å². The molecule has 9 nitrogen and oxygen atoms in total. The van der Waals surface area contributed by atoms with Crippen LogP contribution in [-0.2, 0) is 14.3 Å². The summed E-state index contributed by atoms with van der Waals surface area (Å²) in [7, 11) is 0. The van der Waals surface area contributed by atoms with Gasteiger partial charge in [0.05, 0.1) is 16.8 Å². The molecular weight excluding hydrogens is 452 g/mol. The molecular formula is C26H22N2O7. The number of hydrogen-bond acceptors (Lipinski definition) is 9. The number of rotatable bonds is 9. The summed E-state index contributed by atoms with van der Waals surface area (Å²) in [5, 5.41) is 28.2. The van der Waals surface area contributed by atoms with Crippen LogP contribution in [0.15, 0.2) is 89.1 Å². The van der Waals surface area contributed by atoms with Crippen LogP contribution in [0.4, 0.5) is 11.4 Å². The third-order valence-corrected chi connectivity index (χ3v) is 4.63. The van der Waals surface area contributed by atoms with Gasteiger partial charge in [-0.2, -0.15) is 5.11 Å². The molecule has 0 fully saturated rings. The first-order valence-corrected chi connectivity index (χ1v) is 10.4. The van der Waals surface area contributed by atoms with Crippen LogP contribution in [0.1, 0.15) is 33.2 Å². The van der Waals surface area contributed by atoms with Crippen molar-refractivity contribution in [2.75, 3.05) is 13.2 Å². The minimum Gasteiger partial charge on any atom is -0.507 e. The third-order valence-electron chi connectivity index (χ3n) is 4.63. The highest BCUT2D eigenvalue weighted by Gasteiger charge is 2.17. The average Bonchev–Trinajstić information content (AvgIpc) is 2.86. The summed E-state index contributed by atoms with van der Waals surface area (Å²) in [6.45, 7) is 4.72. The van der Waals surface area contributed by atoms with Gasteiger partial charge in [-0.15, -0.1) is 5.11 Å². The van der Waals surface area contributed by atoms with E-state index in [1.807, 2.05) is 0 Å². The van der Waals surface area contributed by atoms with Gasteiger partial charge in [-0.3, -0.25) is 4.79 Å². The number of carbonyl (C=O) groups is 3. The Kier molecular flexibility index (Phi) is 8.07. The van der Waals surface area contributed by atoms with Crippen LogP contribution in [0.2, 0.25) is 0 Å². The van der Waals surface area contributed by atoms with Gasteiger partial charge in [-0.1, -0.05) is 43.0 Å². The van der Waals surface area contributed by atoms with Crippen LogP contribution in [-0.4, -0.2) is 41.1 Å². The Labute approximate surface area is 201 Å². The van der Waals surface area contributed by atoms with Gasteiger partial charge in [0, 0.05) is 17.2 Å². The molecule has 3 rings (SSSR count). The number of benzene rings is 3. The summed E-state index contributed by atoms with van der Waals surface area (Å²) in [5.41, 5.74) is 0.962. The Morgan fingerprint density at radius 3 is 2.23 bits per heavy atom. The summed E-state index contributed by atoms with van der Waals surface area (Å²) in [4.78, 5) is 36.3. The van der Waals surface area contributed by atoms with Gasteiger partial charge in [-0.25, -0.2) is 9.59 Å². The lowest BCUT2D eigenvalue weighted by atomic mass is 10.0. The quantitative estimate of drug-likeness (QED) is 0.146. The van der Waals surface area contributed by atoms with E-state index in [0.717, 1.165) is 6.07 Å². The summed E-state index contributed by atoms with van der Waals surface area (Å²) in [5.74, 6) is -2.45. The topological polar surface area (TPSA) is 135 Å². The van der Waals surface area contributed by atoms with Crippen molar-refractivity contribution in [3.63, 3.8) is 0 Å². The van der Waals surface area contributed by atoms with E-state index in [1.165, 1.54) is 25.1 Å². The maximum atomic E-state index is 12.7.